The largest absolute Gasteiger partial charge is 0.410 e. The van der Waals surface area contributed by atoms with Gasteiger partial charge >= 0.3 is 0 Å². The fraction of sp³-hybridized carbons (Fsp3) is 0.250. The van der Waals surface area contributed by atoms with Crippen molar-refractivity contribution in [2.45, 2.75) is 16.5 Å². The average Bonchev–Trinajstić information content (AvgIpc) is 3.27. The highest BCUT2D eigenvalue weighted by Gasteiger charge is 2.13. The molecule has 120 valence electrons. The Kier molecular flexibility index (Phi) is 5.65. The van der Waals surface area contributed by atoms with Crippen LogP contribution < -0.4 is 5.32 Å². The van der Waals surface area contributed by atoms with Crippen LogP contribution in [0.5, 0.6) is 0 Å². The maximum atomic E-state index is 11.9. The summed E-state index contributed by atoms with van der Waals surface area (Å²) in [5, 5.41) is 21.3. The lowest BCUT2D eigenvalue weighted by Crippen LogP contribution is -2.13. The van der Waals surface area contributed by atoms with Crippen molar-refractivity contribution in [1.82, 2.24) is 20.4 Å². The fourth-order valence-corrected chi connectivity index (χ4v) is 4.37. The smallest absolute Gasteiger partial charge is 0.277 e. The third-order valence-corrected chi connectivity index (χ3v) is 5.92. The van der Waals surface area contributed by atoms with Gasteiger partial charge in [0.15, 0.2) is 4.34 Å². The van der Waals surface area contributed by atoms with E-state index < -0.39 is 0 Å². The van der Waals surface area contributed by atoms with E-state index in [0.29, 0.717) is 16.2 Å². The van der Waals surface area contributed by atoms with E-state index >= 15 is 0 Å². The second-order valence-corrected chi connectivity index (χ2v) is 8.36. The van der Waals surface area contributed by atoms with Crippen LogP contribution in [0.1, 0.15) is 6.92 Å². The van der Waals surface area contributed by atoms with Crippen molar-refractivity contribution in [2.75, 3.05) is 16.8 Å². The minimum Gasteiger partial charge on any atom is -0.410 e. The first-order chi connectivity index (χ1) is 11.2. The number of amides is 1. The maximum Gasteiger partial charge on any atom is 0.277 e. The van der Waals surface area contributed by atoms with Crippen molar-refractivity contribution in [1.29, 1.82) is 0 Å². The van der Waals surface area contributed by atoms with Crippen LogP contribution in [0.15, 0.2) is 31.5 Å². The van der Waals surface area contributed by atoms with Crippen LogP contribution in [0.25, 0.3) is 10.8 Å². The van der Waals surface area contributed by atoms with E-state index in [-0.39, 0.29) is 11.7 Å². The minimum atomic E-state index is -0.185. The zero-order chi connectivity index (χ0) is 16.1. The molecule has 0 aliphatic heterocycles. The van der Waals surface area contributed by atoms with Crippen molar-refractivity contribution in [3.05, 3.63) is 17.5 Å². The van der Waals surface area contributed by atoms with Gasteiger partial charge < -0.3 is 4.42 Å². The molecule has 0 aliphatic carbocycles. The predicted octanol–water partition coefficient (Wildman–Crippen LogP) is 3.49. The summed E-state index contributed by atoms with van der Waals surface area (Å²) in [6.07, 6.45) is 0. The molecule has 7 nitrogen and oxygen atoms in total. The van der Waals surface area contributed by atoms with Crippen LogP contribution in [-0.2, 0) is 4.79 Å². The Labute approximate surface area is 148 Å². The van der Waals surface area contributed by atoms with Crippen LogP contribution in [0, 0.1) is 0 Å². The van der Waals surface area contributed by atoms with E-state index in [1.165, 1.54) is 34.4 Å². The Bertz CT molecular complexity index is 770. The number of carbonyl (C=O) groups is 1. The molecule has 1 amide bonds. The number of rotatable bonds is 7. The second-order valence-electron chi connectivity index (χ2n) is 3.99. The molecule has 0 saturated heterocycles. The molecule has 3 rings (SSSR count). The summed E-state index contributed by atoms with van der Waals surface area (Å²) >= 11 is 5.66. The number of thioether (sulfide) groups is 2. The Hall–Kier alpha value is -1.43. The molecule has 0 atom stereocenters. The lowest BCUT2D eigenvalue weighted by atomic mass is 10.5. The maximum absolute atomic E-state index is 11.9. The number of thiophene rings is 1. The lowest BCUT2D eigenvalue weighted by Gasteiger charge is -1.97. The highest BCUT2D eigenvalue weighted by molar-refractivity contribution is 8.01. The number of aromatic nitrogens is 4. The van der Waals surface area contributed by atoms with Crippen LogP contribution in [0.4, 0.5) is 5.13 Å². The fourth-order valence-electron chi connectivity index (χ4n) is 1.49. The summed E-state index contributed by atoms with van der Waals surface area (Å²) in [4.78, 5) is 12.8. The molecule has 11 heteroatoms. The number of nitrogens with one attached hydrogen (secondary N) is 1. The summed E-state index contributed by atoms with van der Waals surface area (Å²) in [6.45, 7) is 2.04. The molecule has 0 saturated carbocycles. The summed E-state index contributed by atoms with van der Waals surface area (Å²) in [5.41, 5.74) is 0. The van der Waals surface area contributed by atoms with Crippen LogP contribution in [0.3, 0.4) is 0 Å². The molecule has 0 fully saturated rings. The van der Waals surface area contributed by atoms with Crippen molar-refractivity contribution in [3.8, 4) is 10.8 Å². The molecule has 0 aliphatic rings. The molecule has 3 heterocycles. The van der Waals surface area contributed by atoms with Gasteiger partial charge in [-0.15, -0.1) is 31.7 Å². The molecular formula is C12H11N5O2S4. The number of carbonyl (C=O) groups excluding carboxylic acids is 1. The lowest BCUT2D eigenvalue weighted by molar-refractivity contribution is -0.113. The zero-order valence-electron chi connectivity index (χ0n) is 11.9. The van der Waals surface area contributed by atoms with E-state index in [1.807, 2.05) is 24.4 Å². The zero-order valence-corrected chi connectivity index (χ0v) is 15.2. The Balaban J connectivity index is 1.50. The van der Waals surface area contributed by atoms with E-state index in [2.05, 4.69) is 25.7 Å². The number of hydrogen-bond acceptors (Lipinski definition) is 10. The summed E-state index contributed by atoms with van der Waals surface area (Å²) in [5.74, 6) is 1.37. The number of nitrogens with zero attached hydrogens (tertiary/aromatic N) is 4. The van der Waals surface area contributed by atoms with Crippen molar-refractivity contribution in [3.63, 3.8) is 0 Å². The topological polar surface area (TPSA) is 93.8 Å². The highest BCUT2D eigenvalue weighted by atomic mass is 32.2. The first kappa shape index (κ1) is 16.4. The second kappa shape index (κ2) is 7.90. The Morgan fingerprint density at radius 1 is 1.30 bits per heavy atom. The van der Waals surface area contributed by atoms with Gasteiger partial charge in [-0.2, -0.15) is 0 Å². The quantitative estimate of drug-likeness (QED) is 0.488. The van der Waals surface area contributed by atoms with Crippen LogP contribution in [0.2, 0.25) is 0 Å². The third kappa shape index (κ3) is 4.53. The first-order valence-corrected chi connectivity index (χ1v) is 10.2. The van der Waals surface area contributed by atoms with Crippen LogP contribution >= 0.6 is 46.2 Å². The summed E-state index contributed by atoms with van der Waals surface area (Å²) < 4.78 is 6.35. The average molecular weight is 386 g/mol. The third-order valence-electron chi connectivity index (χ3n) is 2.39. The Morgan fingerprint density at radius 2 is 2.22 bits per heavy atom. The van der Waals surface area contributed by atoms with Gasteiger partial charge in [0, 0.05) is 0 Å². The molecule has 0 radical (unpaired) electrons. The molecule has 0 bridgehead atoms. The standard InChI is InChI=1S/C12H11N5O2S4/c1-2-20-12-17-15-10(23-12)13-8(18)6-22-11-16-14-9(19-11)7-4-3-5-21-7/h3-5H,2,6H2,1H3,(H,13,15,18). The highest BCUT2D eigenvalue weighted by Crippen LogP contribution is 2.27. The number of hydrogen-bond donors (Lipinski definition) is 1. The first-order valence-electron chi connectivity index (χ1n) is 6.51. The molecular weight excluding hydrogens is 374 g/mol. The molecule has 3 aromatic rings. The summed E-state index contributed by atoms with van der Waals surface area (Å²) in [7, 11) is 0. The van der Waals surface area contributed by atoms with Gasteiger partial charge in [0.25, 0.3) is 11.1 Å². The van der Waals surface area contributed by atoms with E-state index in [9.17, 15) is 4.79 Å². The minimum absolute atomic E-state index is 0.169. The van der Waals surface area contributed by atoms with Crippen molar-refractivity contribution in [2.24, 2.45) is 0 Å². The monoisotopic (exact) mass is 385 g/mol. The van der Waals surface area contributed by atoms with Gasteiger partial charge in [-0.05, 0) is 17.2 Å². The van der Waals surface area contributed by atoms with Gasteiger partial charge in [-0.3, -0.25) is 10.1 Å². The van der Waals surface area contributed by atoms with Crippen molar-refractivity contribution >= 4 is 57.2 Å². The molecule has 0 aromatic carbocycles. The Morgan fingerprint density at radius 3 is 3.00 bits per heavy atom. The van der Waals surface area contributed by atoms with Gasteiger partial charge in [-0.1, -0.05) is 47.9 Å². The van der Waals surface area contributed by atoms with E-state index in [1.54, 1.807) is 11.8 Å². The van der Waals surface area contributed by atoms with Gasteiger partial charge in [0.05, 0.1) is 10.6 Å². The van der Waals surface area contributed by atoms with Gasteiger partial charge in [0.2, 0.25) is 11.0 Å². The molecule has 3 aromatic heterocycles. The SMILES string of the molecule is CCSc1nnc(NC(=O)CSc2nnc(-c3cccs3)o2)s1. The molecule has 1 N–H and O–H groups in total. The van der Waals surface area contributed by atoms with Gasteiger partial charge in [0.1, 0.15) is 0 Å². The van der Waals surface area contributed by atoms with Crippen LogP contribution in [-0.4, -0.2) is 37.8 Å². The van der Waals surface area contributed by atoms with Crippen molar-refractivity contribution < 1.29 is 9.21 Å². The number of anilines is 1. The normalized spacial score (nSPS) is 10.8. The van der Waals surface area contributed by atoms with E-state index in [0.717, 1.165) is 15.0 Å². The molecule has 0 unspecified atom stereocenters. The summed E-state index contributed by atoms with van der Waals surface area (Å²) in [6, 6.07) is 3.82. The van der Waals surface area contributed by atoms with Gasteiger partial charge in [-0.25, -0.2) is 0 Å². The van der Waals surface area contributed by atoms with E-state index in [4.69, 9.17) is 4.42 Å². The molecule has 23 heavy (non-hydrogen) atoms. The molecule has 0 spiro atoms. The predicted molar refractivity (Wildman–Crippen MR) is 93.3 cm³/mol.